The fourth-order valence-electron chi connectivity index (χ4n) is 6.65. The second-order valence-electron chi connectivity index (χ2n) is 11.5. The Morgan fingerprint density at radius 1 is 0.565 bits per heavy atom. The molecule has 5 heteroatoms. The maximum absolute atomic E-state index is 8.68. The molecule has 5 nitrogen and oxygen atoms in total. The van der Waals surface area contributed by atoms with Crippen molar-refractivity contribution in [2.45, 2.75) is 6.92 Å². The van der Waals surface area contributed by atoms with Crippen molar-refractivity contribution in [3.8, 4) is 5.69 Å². The van der Waals surface area contributed by atoms with E-state index in [1.807, 2.05) is 42.5 Å². The molecule has 0 saturated heterocycles. The van der Waals surface area contributed by atoms with E-state index < -0.39 is 0 Å². The third-order valence-corrected chi connectivity index (χ3v) is 8.78. The molecule has 0 radical (unpaired) electrons. The fraction of sp³-hybridized carbons (Fsp3) is 0.0244. The van der Waals surface area contributed by atoms with Crippen LogP contribution in [0.5, 0.6) is 0 Å². The Morgan fingerprint density at radius 3 is 1.91 bits per heavy atom. The number of hydrogen-bond donors (Lipinski definition) is 2. The summed E-state index contributed by atoms with van der Waals surface area (Å²) in [7, 11) is 0. The molecule has 0 amide bonds. The number of aromatic nitrogens is 2. The molecule has 46 heavy (non-hydrogen) atoms. The number of aryl methyl sites for hydroxylation is 1. The van der Waals surface area contributed by atoms with E-state index in [1.54, 1.807) is 0 Å². The molecule has 0 spiro atoms. The fourth-order valence-corrected chi connectivity index (χ4v) is 6.65. The molecule has 0 aliphatic rings. The van der Waals surface area contributed by atoms with E-state index in [-0.39, 0.29) is 5.84 Å². The monoisotopic (exact) mass is 593 g/mol. The van der Waals surface area contributed by atoms with Crippen LogP contribution in [0.15, 0.2) is 157 Å². The predicted octanol–water partition coefficient (Wildman–Crippen LogP) is 9.51. The topological polar surface area (TPSA) is 71.6 Å². The van der Waals surface area contributed by atoms with Crippen molar-refractivity contribution in [2.24, 2.45) is 10.7 Å². The molecule has 0 aliphatic heterocycles. The lowest BCUT2D eigenvalue weighted by molar-refractivity contribution is 1.04. The first-order chi connectivity index (χ1) is 22.6. The van der Waals surface area contributed by atoms with Crippen LogP contribution in [0.25, 0.3) is 54.7 Å². The molecule has 8 aromatic rings. The number of nitrogens with one attached hydrogen (secondary N) is 1. The van der Waals surface area contributed by atoms with Gasteiger partial charge in [-0.05, 0) is 60.2 Å². The number of rotatable bonds is 3. The van der Waals surface area contributed by atoms with Crippen LogP contribution < -0.4 is 5.73 Å². The summed E-state index contributed by atoms with van der Waals surface area (Å²) in [6.45, 7) is 2.20. The van der Waals surface area contributed by atoms with Crippen LogP contribution in [0.1, 0.15) is 16.8 Å². The zero-order valence-electron chi connectivity index (χ0n) is 25.4. The Morgan fingerprint density at radius 2 is 1.15 bits per heavy atom. The summed E-state index contributed by atoms with van der Waals surface area (Å²) in [5.41, 5.74) is 14.4. The molecule has 0 aliphatic carbocycles. The van der Waals surface area contributed by atoms with Crippen molar-refractivity contribution in [1.29, 1.82) is 5.41 Å². The van der Waals surface area contributed by atoms with Crippen LogP contribution >= 0.6 is 0 Å². The maximum atomic E-state index is 8.68. The van der Waals surface area contributed by atoms with Gasteiger partial charge in [-0.15, -0.1) is 0 Å². The molecule has 3 aromatic heterocycles. The average molecular weight is 594 g/mol. The molecule has 0 fully saturated rings. The molecule has 0 unspecified atom stereocenters. The van der Waals surface area contributed by atoms with Gasteiger partial charge < -0.3 is 14.7 Å². The summed E-state index contributed by atoms with van der Waals surface area (Å²) < 4.78 is 4.74. The van der Waals surface area contributed by atoms with Gasteiger partial charge in [-0.25, -0.2) is 4.99 Å². The highest BCUT2D eigenvalue weighted by atomic mass is 15.0. The van der Waals surface area contributed by atoms with Gasteiger partial charge in [0, 0.05) is 38.7 Å². The first kappa shape index (κ1) is 27.4. The van der Waals surface area contributed by atoms with Gasteiger partial charge in [0.25, 0.3) is 0 Å². The first-order valence-corrected chi connectivity index (χ1v) is 15.4. The van der Waals surface area contributed by atoms with Gasteiger partial charge >= 0.3 is 0 Å². The highest BCUT2D eigenvalue weighted by Gasteiger charge is 2.15. The number of pyridine rings is 1. The Hall–Kier alpha value is -6.20. The molecular formula is C41H31N5. The van der Waals surface area contributed by atoms with E-state index in [0.717, 1.165) is 38.8 Å². The highest BCUT2D eigenvalue weighted by Crippen LogP contribution is 2.35. The van der Waals surface area contributed by atoms with Crippen molar-refractivity contribution >= 4 is 60.7 Å². The normalized spacial score (nSPS) is 11.9. The molecule has 3 heterocycles. The van der Waals surface area contributed by atoms with Crippen molar-refractivity contribution in [3.05, 3.63) is 168 Å². The van der Waals surface area contributed by atoms with Gasteiger partial charge in [0.2, 0.25) is 0 Å². The number of fused-ring (bicyclic) bond motifs is 9. The van der Waals surface area contributed by atoms with E-state index in [4.69, 9.17) is 11.1 Å². The zero-order chi connectivity index (χ0) is 31.2. The average Bonchev–Trinajstić information content (AvgIpc) is 3.51. The lowest BCUT2D eigenvalue weighted by atomic mass is 10.1. The predicted molar refractivity (Wildman–Crippen MR) is 193 cm³/mol. The molecule has 5 aromatic carbocycles. The summed E-state index contributed by atoms with van der Waals surface area (Å²) >= 11 is 0. The SMILES string of the molecule is Cc1c2c(cccc3ccccc3n1-c1ccc(C(=N)N=C(N)c3ccccc3)cc1)cc1c3ccccc3c3ccccc3n12. The van der Waals surface area contributed by atoms with E-state index in [1.165, 1.54) is 27.2 Å². The Labute approximate surface area is 266 Å². The number of aliphatic imine (C=N–C) groups is 1. The van der Waals surface area contributed by atoms with E-state index in [9.17, 15) is 0 Å². The minimum Gasteiger partial charge on any atom is -0.383 e. The lowest BCUT2D eigenvalue weighted by Crippen LogP contribution is -2.15. The maximum Gasteiger partial charge on any atom is 0.154 e. The van der Waals surface area contributed by atoms with Crippen molar-refractivity contribution in [3.63, 3.8) is 0 Å². The Kier molecular flexibility index (Phi) is 6.58. The van der Waals surface area contributed by atoms with Crippen molar-refractivity contribution in [1.82, 2.24) is 8.97 Å². The summed E-state index contributed by atoms with van der Waals surface area (Å²) in [5, 5.41) is 14.6. The smallest absolute Gasteiger partial charge is 0.154 e. The van der Waals surface area contributed by atoms with Gasteiger partial charge in [-0.3, -0.25) is 5.41 Å². The van der Waals surface area contributed by atoms with Crippen LogP contribution in [0.2, 0.25) is 0 Å². The Bertz CT molecular complexity index is 2550. The number of nitrogens with two attached hydrogens (primary N) is 1. The standard InChI is InChI=1S/C41H31N5/c1-27-39-31(26-38-35-19-7-6-17-33(35)34-18-8-10-21-37(34)46(38)39)16-11-15-28-12-5-9-20-36(28)45(27)32-24-22-30(23-25-32)41(43)44-40(42)29-13-3-2-4-14-29/h2-26H,1H3,(H3,42,43,44). The lowest BCUT2D eigenvalue weighted by Gasteiger charge is -2.16. The molecule has 0 saturated carbocycles. The van der Waals surface area contributed by atoms with E-state index in [2.05, 4.69) is 130 Å². The van der Waals surface area contributed by atoms with Crippen LogP contribution in [0.4, 0.5) is 0 Å². The molecule has 0 atom stereocenters. The third-order valence-electron chi connectivity index (χ3n) is 8.78. The summed E-state index contributed by atoms with van der Waals surface area (Å²) in [6.07, 6.45) is 0. The van der Waals surface area contributed by atoms with E-state index in [0.29, 0.717) is 11.4 Å². The van der Waals surface area contributed by atoms with Crippen LogP contribution in [-0.4, -0.2) is 20.6 Å². The van der Waals surface area contributed by atoms with Gasteiger partial charge in [0.15, 0.2) is 5.84 Å². The van der Waals surface area contributed by atoms with Gasteiger partial charge in [-0.2, -0.15) is 0 Å². The first-order valence-electron chi connectivity index (χ1n) is 15.4. The Balaban J connectivity index is 1.41. The number of amidine groups is 2. The molecule has 0 bridgehead atoms. The highest BCUT2D eigenvalue weighted by molar-refractivity contribution is 6.16. The van der Waals surface area contributed by atoms with Gasteiger partial charge in [0.1, 0.15) is 5.84 Å². The zero-order valence-corrected chi connectivity index (χ0v) is 25.4. The van der Waals surface area contributed by atoms with Gasteiger partial charge in [-0.1, -0.05) is 109 Å². The largest absolute Gasteiger partial charge is 0.383 e. The van der Waals surface area contributed by atoms with Gasteiger partial charge in [0.05, 0.1) is 22.1 Å². The van der Waals surface area contributed by atoms with Crippen LogP contribution in [0, 0.1) is 12.3 Å². The second kappa shape index (κ2) is 11.1. The third kappa shape index (κ3) is 4.49. The minimum atomic E-state index is 0.120. The number of hydrogen-bond acceptors (Lipinski definition) is 1. The molecule has 220 valence electrons. The molecule has 8 rings (SSSR count). The van der Waals surface area contributed by atoms with E-state index >= 15 is 0 Å². The second-order valence-corrected chi connectivity index (χ2v) is 11.5. The summed E-state index contributed by atoms with van der Waals surface area (Å²) in [5.74, 6) is 0.442. The van der Waals surface area contributed by atoms with Crippen molar-refractivity contribution in [2.75, 3.05) is 0 Å². The molecule has 3 N–H and O–H groups in total. The summed E-state index contributed by atoms with van der Waals surface area (Å²) in [6, 6.07) is 52.2. The van der Waals surface area contributed by atoms with Crippen LogP contribution in [-0.2, 0) is 0 Å². The number of benzene rings is 5. The quantitative estimate of drug-likeness (QED) is 0.120. The summed E-state index contributed by atoms with van der Waals surface area (Å²) in [4.78, 5) is 4.40. The number of nitrogens with zero attached hydrogens (tertiary/aromatic N) is 3. The molecular weight excluding hydrogens is 562 g/mol. The number of para-hydroxylation sites is 2. The van der Waals surface area contributed by atoms with Crippen LogP contribution in [0.3, 0.4) is 0 Å². The minimum absolute atomic E-state index is 0.120. The van der Waals surface area contributed by atoms with Crippen molar-refractivity contribution < 1.29 is 0 Å².